The van der Waals surface area contributed by atoms with Crippen molar-refractivity contribution in [2.75, 3.05) is 54.1 Å². The van der Waals surface area contributed by atoms with Crippen LogP contribution in [0.4, 0.5) is 21.9 Å². The number of rotatable bonds is 11. The number of anilines is 3. The van der Waals surface area contributed by atoms with E-state index in [1.165, 1.54) is 16.7 Å². The number of imidazole rings is 1. The quantitative estimate of drug-likeness (QED) is 0.161. The van der Waals surface area contributed by atoms with Crippen LogP contribution in [0.25, 0.3) is 0 Å². The molecule has 3 aliphatic heterocycles. The molecule has 3 fully saturated rings. The van der Waals surface area contributed by atoms with Crippen LogP contribution in [0, 0.1) is 0 Å². The maximum Gasteiger partial charge on any atom is 0.332 e. The van der Waals surface area contributed by atoms with E-state index >= 15 is 0 Å². The number of nitrogens with zero attached hydrogens (tertiary/aromatic N) is 6. The Labute approximate surface area is 318 Å². The van der Waals surface area contributed by atoms with Crippen molar-refractivity contribution in [3.05, 3.63) is 101 Å². The van der Waals surface area contributed by atoms with E-state index < -0.39 is 23.4 Å². The lowest BCUT2D eigenvalue weighted by Crippen LogP contribution is -2.51. The molecule has 3 amide bonds. The smallest absolute Gasteiger partial charge is 0.332 e. The zero-order valence-corrected chi connectivity index (χ0v) is 31.6. The Bertz CT molecular complexity index is 1970. The molecule has 0 radical (unpaired) electrons. The largest absolute Gasteiger partial charge is 0.491 e. The lowest BCUT2D eigenvalue weighted by molar-refractivity contribution is -0.189. The second kappa shape index (κ2) is 14.7. The van der Waals surface area contributed by atoms with E-state index in [0.29, 0.717) is 41.1 Å². The van der Waals surface area contributed by atoms with E-state index in [1.54, 1.807) is 57.6 Å². The molecule has 3 unspecified atom stereocenters. The topological polar surface area (TPSA) is 110 Å². The fraction of sp³-hybridized carbons (Fsp3) is 0.385. The van der Waals surface area contributed by atoms with Crippen molar-refractivity contribution in [2.45, 2.75) is 57.7 Å². The summed E-state index contributed by atoms with van der Waals surface area (Å²) in [5.74, 6) is -0.912. The molecule has 0 bridgehead atoms. The highest BCUT2D eigenvalue weighted by Gasteiger charge is 2.54. The molecule has 3 aromatic carbocycles. The Balaban J connectivity index is 0.927. The Kier molecular flexibility index (Phi) is 10.2. The van der Waals surface area contributed by atoms with E-state index in [2.05, 4.69) is 26.9 Å². The fourth-order valence-corrected chi connectivity index (χ4v) is 7.78. The van der Waals surface area contributed by atoms with Gasteiger partial charge in [0.15, 0.2) is 5.78 Å². The van der Waals surface area contributed by atoms with Crippen LogP contribution in [0.3, 0.4) is 0 Å². The van der Waals surface area contributed by atoms with Crippen LogP contribution in [0.1, 0.15) is 33.3 Å². The molecule has 0 spiro atoms. The van der Waals surface area contributed by atoms with Crippen LogP contribution >= 0.6 is 23.2 Å². The number of carbonyl (C=O) groups excluding carboxylic acids is 3. The number of piperazine rings is 1. The molecule has 53 heavy (non-hydrogen) atoms. The van der Waals surface area contributed by atoms with E-state index in [1.807, 2.05) is 41.1 Å². The molecule has 4 aromatic rings. The average molecular weight is 762 g/mol. The number of ether oxygens (including phenoxy) is 3. The Morgan fingerprint density at radius 3 is 2.15 bits per heavy atom. The van der Waals surface area contributed by atoms with Gasteiger partial charge in [0, 0.05) is 60.5 Å². The zero-order valence-electron chi connectivity index (χ0n) is 30.1. The summed E-state index contributed by atoms with van der Waals surface area (Å²) < 4.78 is 20.8. The van der Waals surface area contributed by atoms with Crippen LogP contribution in [0.5, 0.6) is 5.75 Å². The van der Waals surface area contributed by atoms with Gasteiger partial charge in [-0.15, -0.1) is 0 Å². The van der Waals surface area contributed by atoms with Gasteiger partial charge in [0.05, 0.1) is 36.2 Å². The number of carbonyl (C=O) groups is 3. The minimum absolute atomic E-state index is 0.170. The van der Waals surface area contributed by atoms with Crippen molar-refractivity contribution >= 4 is 58.0 Å². The Morgan fingerprint density at radius 1 is 0.943 bits per heavy atom. The second-order valence-corrected chi connectivity index (χ2v) is 14.9. The predicted octanol–water partition coefficient (Wildman–Crippen LogP) is 6.39. The number of urea groups is 1. The molecular weight excluding hydrogens is 719 g/mol. The summed E-state index contributed by atoms with van der Waals surface area (Å²) in [5.41, 5.74) is 2.16. The highest BCUT2D eigenvalue weighted by molar-refractivity contribution is 6.35. The van der Waals surface area contributed by atoms with Gasteiger partial charge in [0.2, 0.25) is 5.79 Å². The first-order chi connectivity index (χ1) is 25.4. The zero-order chi connectivity index (χ0) is 37.5. The maximum absolute atomic E-state index is 13.3. The monoisotopic (exact) mass is 760 g/mol. The van der Waals surface area contributed by atoms with E-state index in [-0.39, 0.29) is 17.8 Å². The van der Waals surface area contributed by atoms with Crippen molar-refractivity contribution in [3.63, 3.8) is 0 Å². The number of hydrogen-bond acceptors (Lipinski definition) is 9. The van der Waals surface area contributed by atoms with E-state index in [0.717, 1.165) is 43.3 Å². The van der Waals surface area contributed by atoms with Gasteiger partial charge in [0.1, 0.15) is 24.0 Å². The number of imide groups is 1. The molecule has 3 atom stereocenters. The third kappa shape index (κ3) is 7.20. The van der Waals surface area contributed by atoms with Crippen LogP contribution in [-0.4, -0.2) is 89.3 Å². The molecule has 3 aliphatic rings. The first-order valence-corrected chi connectivity index (χ1v) is 18.4. The van der Waals surface area contributed by atoms with E-state index in [9.17, 15) is 14.4 Å². The number of hydrogen-bond donors (Lipinski definition) is 0. The summed E-state index contributed by atoms with van der Waals surface area (Å²) in [4.78, 5) is 50.0. The number of amides is 3. The standard InChI is InChI=1S/C39H42Cl2N6O6/c1-26(27(2)48)47-37(50)46(36(49)38(47,3)4)31-8-6-29(7-9-31)44-17-19-45(20-18-44)30-10-12-32(13-11-30)51-22-33-23-52-39(53-33,24-43-16-15-42-25-43)34-14-5-28(40)21-35(34)41/h5-16,21,25-26,33H,17-20,22-24H2,1-4H3. The summed E-state index contributed by atoms with van der Waals surface area (Å²) in [5, 5.41) is 0.987. The molecular formula is C39H42Cl2N6O6. The van der Waals surface area contributed by atoms with Crippen molar-refractivity contribution in [2.24, 2.45) is 0 Å². The molecule has 4 heterocycles. The van der Waals surface area contributed by atoms with Crippen molar-refractivity contribution in [3.8, 4) is 5.75 Å². The van der Waals surface area contributed by atoms with Crippen molar-refractivity contribution in [1.29, 1.82) is 0 Å². The van der Waals surface area contributed by atoms with Gasteiger partial charge in [-0.1, -0.05) is 29.3 Å². The van der Waals surface area contributed by atoms with Gasteiger partial charge < -0.3 is 33.5 Å². The number of halogens is 2. The molecule has 12 nitrogen and oxygen atoms in total. The third-order valence-electron chi connectivity index (χ3n) is 10.2. The van der Waals surface area contributed by atoms with Crippen LogP contribution < -0.4 is 19.4 Å². The minimum Gasteiger partial charge on any atom is -0.491 e. The van der Waals surface area contributed by atoms with Gasteiger partial charge in [-0.3, -0.25) is 9.59 Å². The molecule has 0 aliphatic carbocycles. The normalized spacial score (nSPS) is 22.1. The van der Waals surface area contributed by atoms with Gasteiger partial charge in [-0.2, -0.15) is 0 Å². The highest BCUT2D eigenvalue weighted by Crippen LogP contribution is 2.41. The molecule has 14 heteroatoms. The van der Waals surface area contributed by atoms with Gasteiger partial charge in [0.25, 0.3) is 5.91 Å². The lowest BCUT2D eigenvalue weighted by Gasteiger charge is -2.37. The minimum atomic E-state index is -1.12. The van der Waals surface area contributed by atoms with Gasteiger partial charge in [-0.25, -0.2) is 14.7 Å². The van der Waals surface area contributed by atoms with Crippen LogP contribution in [0.15, 0.2) is 85.5 Å². The van der Waals surface area contributed by atoms with Gasteiger partial charge in [-0.05, 0) is 88.4 Å². The average Bonchev–Trinajstić information content (AvgIpc) is 3.85. The third-order valence-corrected chi connectivity index (χ3v) is 10.8. The molecule has 0 saturated carbocycles. The molecule has 1 aromatic heterocycles. The van der Waals surface area contributed by atoms with E-state index in [4.69, 9.17) is 37.4 Å². The number of Topliss-reactive ketones (excluding diaryl/α,β-unsaturated/α-hetero) is 1. The Hall–Kier alpha value is -4.62. The summed E-state index contributed by atoms with van der Waals surface area (Å²) in [7, 11) is 0. The van der Waals surface area contributed by atoms with Crippen LogP contribution in [0.2, 0.25) is 10.0 Å². The summed E-state index contributed by atoms with van der Waals surface area (Å²) in [6, 6.07) is 19.6. The van der Waals surface area contributed by atoms with Crippen molar-refractivity contribution in [1.82, 2.24) is 14.5 Å². The first kappa shape index (κ1) is 36.7. The Morgan fingerprint density at radius 2 is 1.57 bits per heavy atom. The van der Waals surface area contributed by atoms with Crippen LogP contribution in [-0.2, 0) is 31.4 Å². The number of aromatic nitrogens is 2. The molecule has 7 rings (SSSR count). The SMILES string of the molecule is CC(=O)C(C)N1C(=O)N(c2ccc(N3CCN(c4ccc(OCC5COC(Cn6ccnc6)(c6ccc(Cl)cc6Cl)O5)cc4)CC3)cc2)C(=O)C1(C)C. The predicted molar refractivity (Wildman–Crippen MR) is 203 cm³/mol. The first-order valence-electron chi connectivity index (χ1n) is 17.6. The summed E-state index contributed by atoms with van der Waals surface area (Å²) >= 11 is 12.8. The van der Waals surface area contributed by atoms with Crippen molar-refractivity contribution < 1.29 is 28.6 Å². The molecule has 0 N–H and O–H groups in total. The fourth-order valence-electron chi connectivity index (χ4n) is 7.22. The maximum atomic E-state index is 13.3. The highest BCUT2D eigenvalue weighted by atomic mass is 35.5. The second-order valence-electron chi connectivity index (χ2n) is 14.1. The summed E-state index contributed by atoms with van der Waals surface area (Å²) in [6.45, 7) is 10.6. The van der Waals surface area contributed by atoms with Gasteiger partial charge >= 0.3 is 6.03 Å². The number of ketones is 1. The summed E-state index contributed by atoms with van der Waals surface area (Å²) in [6.07, 6.45) is 4.92. The lowest BCUT2D eigenvalue weighted by atomic mass is 10.0. The number of benzene rings is 3. The molecule has 278 valence electrons. The molecule has 3 saturated heterocycles.